The summed E-state index contributed by atoms with van der Waals surface area (Å²) >= 11 is 0. The Hall–Kier alpha value is -1.88. The normalized spacial score (nSPS) is 12.4. The highest BCUT2D eigenvalue weighted by atomic mass is 16.5. The van der Waals surface area contributed by atoms with Crippen LogP contribution in [0.4, 0.5) is 0 Å². The van der Waals surface area contributed by atoms with Crippen LogP contribution in [-0.2, 0) is 6.42 Å². The number of para-hydroxylation sites is 1. The van der Waals surface area contributed by atoms with Gasteiger partial charge in [0.25, 0.3) is 0 Å². The monoisotopic (exact) mass is 274 g/mol. The first kappa shape index (κ1) is 14.5. The van der Waals surface area contributed by atoms with Crippen LogP contribution in [-0.4, -0.2) is 28.2 Å². The Morgan fingerprint density at radius 1 is 0.850 bits per heavy atom. The molecule has 3 N–H and O–H groups in total. The van der Waals surface area contributed by atoms with Gasteiger partial charge in [-0.3, -0.25) is 0 Å². The molecule has 0 unspecified atom stereocenters. The molecule has 0 spiro atoms. The maximum Gasteiger partial charge on any atom is 0.156 e. The van der Waals surface area contributed by atoms with E-state index in [0.717, 1.165) is 11.3 Å². The van der Waals surface area contributed by atoms with Gasteiger partial charge < -0.3 is 20.1 Å². The predicted molar refractivity (Wildman–Crippen MR) is 75.5 cm³/mol. The third kappa shape index (κ3) is 4.06. The van der Waals surface area contributed by atoms with E-state index in [1.165, 1.54) is 0 Å². The van der Waals surface area contributed by atoms with Gasteiger partial charge in [0.2, 0.25) is 0 Å². The van der Waals surface area contributed by atoms with Crippen LogP contribution in [0.15, 0.2) is 54.6 Å². The Bertz CT molecular complexity index is 508. The molecule has 2 aromatic carbocycles. The van der Waals surface area contributed by atoms with E-state index >= 15 is 0 Å². The van der Waals surface area contributed by atoms with Gasteiger partial charge in [0.1, 0.15) is 11.5 Å². The van der Waals surface area contributed by atoms with E-state index in [2.05, 4.69) is 0 Å². The highest BCUT2D eigenvalue weighted by Gasteiger charge is 2.16. The van der Waals surface area contributed by atoms with Gasteiger partial charge >= 0.3 is 0 Å². The molecular weight excluding hydrogens is 256 g/mol. The lowest BCUT2D eigenvalue weighted by Crippen LogP contribution is -2.25. The van der Waals surface area contributed by atoms with Crippen molar-refractivity contribution in [2.75, 3.05) is 6.61 Å². The Morgan fingerprint density at radius 3 is 2.00 bits per heavy atom. The van der Waals surface area contributed by atoms with Crippen LogP contribution in [0, 0.1) is 5.92 Å². The molecule has 4 nitrogen and oxygen atoms in total. The van der Waals surface area contributed by atoms with Crippen LogP contribution < -0.4 is 4.74 Å². The van der Waals surface area contributed by atoms with Gasteiger partial charge in [0.15, 0.2) is 6.29 Å². The zero-order valence-electron chi connectivity index (χ0n) is 11.0. The topological polar surface area (TPSA) is 69.9 Å². The first-order valence-corrected chi connectivity index (χ1v) is 6.48. The molecule has 0 aliphatic heterocycles. The molecule has 0 amide bonds. The quantitative estimate of drug-likeness (QED) is 0.704. The fourth-order valence-corrected chi connectivity index (χ4v) is 1.89. The van der Waals surface area contributed by atoms with Crippen LogP contribution in [0.2, 0.25) is 0 Å². The summed E-state index contributed by atoms with van der Waals surface area (Å²) in [4.78, 5) is 0. The molecule has 0 aliphatic rings. The summed E-state index contributed by atoms with van der Waals surface area (Å²) in [7, 11) is 0. The molecule has 2 rings (SSSR count). The van der Waals surface area contributed by atoms with E-state index in [1.807, 2.05) is 54.6 Å². The fourth-order valence-electron chi connectivity index (χ4n) is 1.89. The van der Waals surface area contributed by atoms with Crippen molar-refractivity contribution in [1.29, 1.82) is 0 Å². The molecule has 0 fully saturated rings. The van der Waals surface area contributed by atoms with Gasteiger partial charge in [-0.1, -0.05) is 30.3 Å². The van der Waals surface area contributed by atoms with Crippen LogP contribution in [0.5, 0.6) is 11.5 Å². The Morgan fingerprint density at radius 2 is 1.45 bits per heavy atom. The average molecular weight is 274 g/mol. The highest BCUT2D eigenvalue weighted by molar-refractivity contribution is 5.33. The number of ether oxygens (including phenoxy) is 1. The van der Waals surface area contributed by atoms with Gasteiger partial charge in [0.05, 0.1) is 6.61 Å². The van der Waals surface area contributed by atoms with E-state index in [9.17, 15) is 0 Å². The van der Waals surface area contributed by atoms with Gasteiger partial charge in [-0.05, 0) is 36.2 Å². The average Bonchev–Trinajstić information content (AvgIpc) is 2.47. The number of aliphatic hydroxyl groups excluding tert-OH is 2. The smallest absolute Gasteiger partial charge is 0.156 e. The zero-order valence-corrected chi connectivity index (χ0v) is 11.0. The number of hydrogen-bond donors (Lipinski definition) is 3. The Kier molecular flexibility index (Phi) is 5.12. The first-order chi connectivity index (χ1) is 9.69. The van der Waals surface area contributed by atoms with Crippen molar-refractivity contribution in [2.24, 2.45) is 5.92 Å². The van der Waals surface area contributed by atoms with Gasteiger partial charge in [0, 0.05) is 5.92 Å². The molecule has 4 heteroatoms. The van der Waals surface area contributed by atoms with Crippen molar-refractivity contribution in [3.05, 3.63) is 60.2 Å². The summed E-state index contributed by atoms with van der Waals surface area (Å²) < 4.78 is 5.66. The molecule has 2 aromatic rings. The second-order valence-electron chi connectivity index (χ2n) is 4.62. The Labute approximate surface area is 117 Å². The van der Waals surface area contributed by atoms with E-state index in [4.69, 9.17) is 20.1 Å². The fraction of sp³-hybridized carbons (Fsp3) is 0.250. The van der Waals surface area contributed by atoms with Crippen molar-refractivity contribution in [3.8, 4) is 11.5 Å². The van der Waals surface area contributed by atoms with Crippen LogP contribution in [0.1, 0.15) is 5.56 Å². The molecule has 106 valence electrons. The van der Waals surface area contributed by atoms with Crippen molar-refractivity contribution < 1.29 is 20.1 Å². The molecule has 0 saturated heterocycles. The van der Waals surface area contributed by atoms with Crippen molar-refractivity contribution in [3.63, 3.8) is 0 Å². The second kappa shape index (κ2) is 7.05. The third-order valence-electron chi connectivity index (χ3n) is 3.06. The molecule has 0 aliphatic carbocycles. The van der Waals surface area contributed by atoms with Gasteiger partial charge in [-0.2, -0.15) is 0 Å². The van der Waals surface area contributed by atoms with Gasteiger partial charge in [-0.25, -0.2) is 0 Å². The van der Waals surface area contributed by atoms with Crippen LogP contribution >= 0.6 is 0 Å². The first-order valence-electron chi connectivity index (χ1n) is 6.48. The summed E-state index contributed by atoms with van der Waals surface area (Å²) in [5, 5.41) is 27.3. The van der Waals surface area contributed by atoms with E-state index < -0.39 is 12.2 Å². The zero-order chi connectivity index (χ0) is 14.4. The summed E-state index contributed by atoms with van der Waals surface area (Å²) in [6.07, 6.45) is -1.11. The Balaban J connectivity index is 1.99. The maximum absolute atomic E-state index is 9.09. The minimum absolute atomic E-state index is 0.264. The van der Waals surface area contributed by atoms with E-state index in [-0.39, 0.29) is 6.61 Å². The van der Waals surface area contributed by atoms with Crippen molar-refractivity contribution in [1.82, 2.24) is 0 Å². The van der Waals surface area contributed by atoms with Crippen LogP contribution in [0.25, 0.3) is 0 Å². The van der Waals surface area contributed by atoms with E-state index in [1.54, 1.807) is 0 Å². The highest BCUT2D eigenvalue weighted by Crippen LogP contribution is 2.22. The lowest BCUT2D eigenvalue weighted by molar-refractivity contribution is -0.0959. The molecule has 0 aromatic heterocycles. The summed E-state index contributed by atoms with van der Waals surface area (Å²) in [6.45, 7) is -0.264. The SMILES string of the molecule is OC[C@H](Cc1ccc(Oc2ccccc2)cc1)C(O)O. The number of benzene rings is 2. The van der Waals surface area contributed by atoms with Gasteiger partial charge in [-0.15, -0.1) is 0 Å². The number of rotatable bonds is 6. The lowest BCUT2D eigenvalue weighted by atomic mass is 9.99. The summed E-state index contributed by atoms with van der Waals surface area (Å²) in [6, 6.07) is 16.8. The van der Waals surface area contributed by atoms with E-state index in [0.29, 0.717) is 12.2 Å². The lowest BCUT2D eigenvalue weighted by Gasteiger charge is -2.16. The second-order valence-corrected chi connectivity index (χ2v) is 4.62. The molecule has 0 saturated carbocycles. The van der Waals surface area contributed by atoms with Crippen LogP contribution in [0.3, 0.4) is 0 Å². The largest absolute Gasteiger partial charge is 0.457 e. The molecule has 1 atom stereocenters. The number of hydrogen-bond acceptors (Lipinski definition) is 4. The molecule has 0 heterocycles. The molecular formula is C16H18O4. The summed E-state index contributed by atoms with van der Waals surface area (Å²) in [5.41, 5.74) is 0.914. The molecule has 0 radical (unpaired) electrons. The summed E-state index contributed by atoms with van der Waals surface area (Å²) in [5.74, 6) is 0.903. The maximum atomic E-state index is 9.09. The number of aliphatic hydroxyl groups is 3. The molecule has 0 bridgehead atoms. The van der Waals surface area contributed by atoms with Crippen molar-refractivity contribution >= 4 is 0 Å². The minimum atomic E-state index is -1.51. The van der Waals surface area contributed by atoms with Crippen molar-refractivity contribution in [2.45, 2.75) is 12.7 Å². The predicted octanol–water partition coefficient (Wildman–Crippen LogP) is 1.94. The minimum Gasteiger partial charge on any atom is -0.457 e. The third-order valence-corrected chi connectivity index (χ3v) is 3.06. The standard InChI is InChI=1S/C16H18O4/c17-11-13(16(18)19)10-12-6-8-15(9-7-12)20-14-4-2-1-3-5-14/h1-9,13,16-19H,10-11H2/t13-/m0/s1. The molecule has 20 heavy (non-hydrogen) atoms.